The largest absolute Gasteiger partial charge is 0.338 e. The lowest BCUT2D eigenvalue weighted by molar-refractivity contribution is 0.0926. The number of sulfone groups is 1. The molecule has 0 bridgehead atoms. The zero-order chi connectivity index (χ0) is 18.1. The first-order chi connectivity index (χ1) is 12.5. The molecule has 1 aromatic carbocycles. The topological polar surface area (TPSA) is 79.5 Å². The number of hydrogen-bond acceptors (Lipinski definition) is 7. The summed E-state index contributed by atoms with van der Waals surface area (Å²) in [7, 11) is -2.83. The molecule has 3 heterocycles. The van der Waals surface area contributed by atoms with E-state index in [1.54, 1.807) is 12.1 Å². The normalized spacial score (nSPS) is 24.1. The van der Waals surface area contributed by atoms with Gasteiger partial charge in [-0.2, -0.15) is 4.98 Å². The number of piperazine rings is 1. The molecule has 2 aromatic rings. The van der Waals surface area contributed by atoms with Crippen LogP contribution in [-0.2, 0) is 16.4 Å². The van der Waals surface area contributed by atoms with Gasteiger partial charge >= 0.3 is 0 Å². The van der Waals surface area contributed by atoms with Crippen molar-refractivity contribution in [3.8, 4) is 11.4 Å². The molecular weight excluding hydrogens is 376 g/mol. The summed E-state index contributed by atoms with van der Waals surface area (Å²) < 4.78 is 28.7. The molecule has 140 valence electrons. The third-order valence-electron chi connectivity index (χ3n) is 5.06. The van der Waals surface area contributed by atoms with Crippen molar-refractivity contribution in [3.63, 3.8) is 0 Å². The van der Waals surface area contributed by atoms with E-state index in [0.29, 0.717) is 34.8 Å². The van der Waals surface area contributed by atoms with E-state index in [2.05, 4.69) is 19.9 Å². The molecule has 2 saturated heterocycles. The van der Waals surface area contributed by atoms with Crippen molar-refractivity contribution < 1.29 is 12.9 Å². The second-order valence-corrected chi connectivity index (χ2v) is 9.55. The summed E-state index contributed by atoms with van der Waals surface area (Å²) in [6.07, 6.45) is 0.760. The molecular formula is C17H21ClN4O3S. The molecule has 0 saturated carbocycles. The van der Waals surface area contributed by atoms with Crippen molar-refractivity contribution >= 4 is 21.4 Å². The highest BCUT2D eigenvalue weighted by Crippen LogP contribution is 2.21. The van der Waals surface area contributed by atoms with Crippen LogP contribution in [0, 0.1) is 0 Å². The molecule has 7 nitrogen and oxygen atoms in total. The minimum atomic E-state index is -2.83. The van der Waals surface area contributed by atoms with Crippen LogP contribution >= 0.6 is 11.6 Å². The van der Waals surface area contributed by atoms with E-state index in [1.807, 2.05) is 12.1 Å². The SMILES string of the molecule is O=S1(=O)CC[C@H](N2CCN(Cc3nc(-c4ccc(Cl)cc4)no3)CC2)C1. The van der Waals surface area contributed by atoms with Crippen molar-refractivity contribution in [1.29, 1.82) is 0 Å². The van der Waals surface area contributed by atoms with Crippen LogP contribution in [-0.4, -0.2) is 72.1 Å². The summed E-state index contributed by atoms with van der Waals surface area (Å²) in [5.74, 6) is 1.78. The van der Waals surface area contributed by atoms with E-state index in [1.165, 1.54) is 0 Å². The van der Waals surface area contributed by atoms with Gasteiger partial charge < -0.3 is 4.52 Å². The van der Waals surface area contributed by atoms with Crippen molar-refractivity contribution in [2.24, 2.45) is 0 Å². The van der Waals surface area contributed by atoms with Gasteiger partial charge in [0, 0.05) is 42.8 Å². The van der Waals surface area contributed by atoms with Crippen molar-refractivity contribution in [2.75, 3.05) is 37.7 Å². The molecule has 0 unspecified atom stereocenters. The Balaban J connectivity index is 1.31. The maximum atomic E-state index is 11.7. The average Bonchev–Trinajstić information content (AvgIpc) is 3.23. The third kappa shape index (κ3) is 4.09. The molecule has 1 atom stereocenters. The Labute approximate surface area is 157 Å². The van der Waals surface area contributed by atoms with E-state index in [-0.39, 0.29) is 6.04 Å². The zero-order valence-corrected chi connectivity index (χ0v) is 15.9. The fourth-order valence-electron chi connectivity index (χ4n) is 3.58. The Bertz CT molecular complexity index is 860. The van der Waals surface area contributed by atoms with E-state index in [0.717, 1.165) is 38.2 Å². The number of halogens is 1. The van der Waals surface area contributed by atoms with Gasteiger partial charge in [-0.3, -0.25) is 9.80 Å². The molecule has 1 aromatic heterocycles. The molecule has 2 aliphatic rings. The van der Waals surface area contributed by atoms with Crippen LogP contribution < -0.4 is 0 Å². The smallest absolute Gasteiger partial charge is 0.241 e. The van der Waals surface area contributed by atoms with E-state index in [4.69, 9.17) is 16.1 Å². The van der Waals surface area contributed by atoms with Gasteiger partial charge in [0.2, 0.25) is 11.7 Å². The van der Waals surface area contributed by atoms with Crippen LogP contribution in [0.2, 0.25) is 5.02 Å². The summed E-state index contributed by atoms with van der Waals surface area (Å²) in [5.41, 5.74) is 0.872. The second-order valence-electron chi connectivity index (χ2n) is 6.89. The monoisotopic (exact) mass is 396 g/mol. The van der Waals surface area contributed by atoms with Crippen molar-refractivity contribution in [2.45, 2.75) is 19.0 Å². The lowest BCUT2D eigenvalue weighted by atomic mass is 10.2. The highest BCUT2D eigenvalue weighted by atomic mass is 35.5. The standard InChI is InChI=1S/C17H21ClN4O3S/c18-14-3-1-13(2-4-14)17-19-16(25-20-17)11-21-6-8-22(9-7-21)15-5-10-26(23,24)12-15/h1-4,15H,5-12H2/t15-/m0/s1. The highest BCUT2D eigenvalue weighted by Gasteiger charge is 2.33. The van der Waals surface area contributed by atoms with Crippen LogP contribution in [0.4, 0.5) is 0 Å². The number of hydrogen-bond donors (Lipinski definition) is 0. The lowest BCUT2D eigenvalue weighted by Crippen LogP contribution is -2.50. The Morgan fingerprint density at radius 1 is 1.15 bits per heavy atom. The fourth-order valence-corrected chi connectivity index (χ4v) is 5.46. The van der Waals surface area contributed by atoms with Crippen LogP contribution in [0.15, 0.2) is 28.8 Å². The fraction of sp³-hybridized carbons (Fsp3) is 0.529. The summed E-state index contributed by atoms with van der Waals surface area (Å²) in [4.78, 5) is 9.03. The van der Waals surface area contributed by atoms with E-state index in [9.17, 15) is 8.42 Å². The van der Waals surface area contributed by atoms with Gasteiger partial charge in [0.15, 0.2) is 9.84 Å². The molecule has 0 amide bonds. The summed E-state index contributed by atoms with van der Waals surface area (Å²) in [5, 5.41) is 4.71. The predicted octanol–water partition coefficient (Wildman–Crippen LogP) is 1.69. The zero-order valence-electron chi connectivity index (χ0n) is 14.3. The van der Waals surface area contributed by atoms with Crippen molar-refractivity contribution in [1.82, 2.24) is 19.9 Å². The summed E-state index contributed by atoms with van der Waals surface area (Å²) in [6, 6.07) is 7.52. The number of aromatic nitrogens is 2. The molecule has 0 spiro atoms. The Kier molecular flexibility index (Phi) is 5.00. The molecule has 26 heavy (non-hydrogen) atoms. The first-order valence-corrected chi connectivity index (χ1v) is 10.9. The number of rotatable bonds is 4. The number of nitrogens with zero attached hydrogens (tertiary/aromatic N) is 4. The van der Waals surface area contributed by atoms with Crippen LogP contribution in [0.25, 0.3) is 11.4 Å². The second kappa shape index (κ2) is 7.26. The summed E-state index contributed by atoms with van der Waals surface area (Å²) in [6.45, 7) is 4.10. The maximum absolute atomic E-state index is 11.7. The van der Waals surface area contributed by atoms with Crippen LogP contribution in [0.5, 0.6) is 0 Å². The average molecular weight is 397 g/mol. The molecule has 0 aliphatic carbocycles. The third-order valence-corrected chi connectivity index (χ3v) is 7.06. The molecule has 0 radical (unpaired) electrons. The molecule has 2 fully saturated rings. The van der Waals surface area contributed by atoms with Crippen LogP contribution in [0.3, 0.4) is 0 Å². The lowest BCUT2D eigenvalue weighted by Gasteiger charge is -2.37. The first-order valence-electron chi connectivity index (χ1n) is 8.74. The number of benzene rings is 1. The quantitative estimate of drug-likeness (QED) is 0.778. The Morgan fingerprint density at radius 2 is 1.88 bits per heavy atom. The highest BCUT2D eigenvalue weighted by molar-refractivity contribution is 7.91. The van der Waals surface area contributed by atoms with Gasteiger partial charge in [-0.15, -0.1) is 0 Å². The van der Waals surface area contributed by atoms with Gasteiger partial charge in [0.05, 0.1) is 18.1 Å². The minimum Gasteiger partial charge on any atom is -0.338 e. The maximum Gasteiger partial charge on any atom is 0.241 e. The van der Waals surface area contributed by atoms with Gasteiger partial charge in [-0.05, 0) is 30.7 Å². The summed E-state index contributed by atoms with van der Waals surface area (Å²) >= 11 is 5.90. The molecule has 2 aliphatic heterocycles. The van der Waals surface area contributed by atoms with E-state index >= 15 is 0 Å². The van der Waals surface area contributed by atoms with Gasteiger partial charge in [-0.1, -0.05) is 16.8 Å². The Morgan fingerprint density at radius 3 is 2.54 bits per heavy atom. The molecule has 9 heteroatoms. The predicted molar refractivity (Wildman–Crippen MR) is 98.7 cm³/mol. The molecule has 4 rings (SSSR count). The first kappa shape index (κ1) is 17.9. The van der Waals surface area contributed by atoms with Crippen LogP contribution in [0.1, 0.15) is 12.3 Å². The van der Waals surface area contributed by atoms with Gasteiger partial charge in [-0.25, -0.2) is 8.42 Å². The van der Waals surface area contributed by atoms with Crippen molar-refractivity contribution in [3.05, 3.63) is 35.2 Å². The molecule has 0 N–H and O–H groups in total. The Hall–Kier alpha value is -1.48. The minimum absolute atomic E-state index is 0.182. The van der Waals surface area contributed by atoms with E-state index < -0.39 is 9.84 Å². The van der Waals surface area contributed by atoms with Gasteiger partial charge in [0.1, 0.15) is 0 Å². The van der Waals surface area contributed by atoms with Gasteiger partial charge in [0.25, 0.3) is 0 Å².